The average molecular weight is 345 g/mol. The van der Waals surface area contributed by atoms with Crippen LogP contribution in [0.25, 0.3) is 10.9 Å². The highest BCUT2D eigenvalue weighted by atomic mass is 16.2. The topological polar surface area (TPSA) is 64.3 Å². The summed E-state index contributed by atoms with van der Waals surface area (Å²) in [6.07, 6.45) is 0.734. The Bertz CT molecular complexity index is 860. The van der Waals surface area contributed by atoms with Crippen molar-refractivity contribution in [2.24, 2.45) is 5.92 Å². The predicted molar refractivity (Wildman–Crippen MR) is 99.9 cm³/mol. The van der Waals surface area contributed by atoms with Crippen LogP contribution >= 0.6 is 0 Å². The van der Waals surface area contributed by atoms with Gasteiger partial charge in [-0.1, -0.05) is 26.0 Å². The minimum Gasteiger partial charge on any atom is -0.342 e. The molecule has 0 fully saturated rings. The van der Waals surface area contributed by atoms with E-state index in [9.17, 15) is 14.4 Å². The lowest BCUT2D eigenvalue weighted by Crippen LogP contribution is -2.43. The van der Waals surface area contributed by atoms with Gasteiger partial charge >= 0.3 is 5.69 Å². The van der Waals surface area contributed by atoms with E-state index in [2.05, 4.69) is 13.8 Å². The lowest BCUT2D eigenvalue weighted by atomic mass is 10.1. The fourth-order valence-electron chi connectivity index (χ4n) is 2.92. The van der Waals surface area contributed by atoms with Crippen molar-refractivity contribution in [1.29, 1.82) is 0 Å². The average Bonchev–Trinajstić information content (AvgIpc) is 2.59. The molecule has 6 heteroatoms. The summed E-state index contributed by atoms with van der Waals surface area (Å²) >= 11 is 0. The van der Waals surface area contributed by atoms with Crippen LogP contribution in [0.2, 0.25) is 0 Å². The molecule has 25 heavy (non-hydrogen) atoms. The van der Waals surface area contributed by atoms with Crippen LogP contribution < -0.4 is 11.2 Å². The Morgan fingerprint density at radius 3 is 2.32 bits per heavy atom. The Hall–Kier alpha value is -2.37. The number of amides is 1. The van der Waals surface area contributed by atoms with E-state index in [4.69, 9.17) is 0 Å². The molecule has 1 amide bonds. The second kappa shape index (κ2) is 8.14. The predicted octanol–water partition coefficient (Wildman–Crippen LogP) is 2.08. The van der Waals surface area contributed by atoms with Crippen molar-refractivity contribution >= 4 is 16.8 Å². The lowest BCUT2D eigenvalue weighted by molar-refractivity contribution is -0.131. The number of carbonyl (C=O) groups is 1. The number of hydrogen-bond donors (Lipinski definition) is 0. The smallest absolute Gasteiger partial charge is 0.331 e. The maximum atomic E-state index is 12.9. The van der Waals surface area contributed by atoms with Crippen LogP contribution in [0.1, 0.15) is 34.1 Å². The van der Waals surface area contributed by atoms with Crippen molar-refractivity contribution in [3.05, 3.63) is 45.1 Å². The molecule has 136 valence electrons. The van der Waals surface area contributed by atoms with Gasteiger partial charge in [-0.05, 0) is 38.3 Å². The van der Waals surface area contributed by atoms with Crippen molar-refractivity contribution in [3.8, 4) is 0 Å². The van der Waals surface area contributed by atoms with Gasteiger partial charge in [0.05, 0.1) is 10.9 Å². The molecule has 6 nitrogen and oxygen atoms in total. The number of para-hydroxylation sites is 1. The zero-order chi connectivity index (χ0) is 18.6. The molecule has 1 aromatic carbocycles. The molecule has 0 unspecified atom stereocenters. The van der Waals surface area contributed by atoms with Crippen molar-refractivity contribution in [2.45, 2.75) is 47.2 Å². The number of aromatic nitrogens is 2. The maximum Gasteiger partial charge on any atom is 0.331 e. The van der Waals surface area contributed by atoms with Crippen LogP contribution in [0.3, 0.4) is 0 Å². The number of carbonyl (C=O) groups excluding carboxylic acids is 1. The number of likely N-dealkylation sites (N-methyl/N-ethyl adjacent to an activating group) is 1. The highest BCUT2D eigenvalue weighted by Gasteiger charge is 2.17. The first kappa shape index (κ1) is 19.0. The van der Waals surface area contributed by atoms with E-state index in [1.54, 1.807) is 29.2 Å². The second-order valence-corrected chi connectivity index (χ2v) is 6.59. The van der Waals surface area contributed by atoms with Crippen molar-refractivity contribution < 1.29 is 4.79 Å². The first-order chi connectivity index (χ1) is 11.9. The molecule has 0 spiro atoms. The van der Waals surface area contributed by atoms with Gasteiger partial charge in [0, 0.05) is 19.6 Å². The molecule has 0 aliphatic heterocycles. The van der Waals surface area contributed by atoms with Crippen LogP contribution in [0, 0.1) is 5.92 Å². The molecule has 0 N–H and O–H groups in total. The second-order valence-electron chi connectivity index (χ2n) is 6.59. The summed E-state index contributed by atoms with van der Waals surface area (Å²) < 4.78 is 2.69. The summed E-state index contributed by atoms with van der Waals surface area (Å²) in [4.78, 5) is 39.8. The maximum absolute atomic E-state index is 12.9. The van der Waals surface area contributed by atoms with E-state index in [-0.39, 0.29) is 18.0 Å². The normalized spacial score (nSPS) is 11.2. The van der Waals surface area contributed by atoms with Gasteiger partial charge in [-0.15, -0.1) is 0 Å². The van der Waals surface area contributed by atoms with Gasteiger partial charge in [-0.2, -0.15) is 0 Å². The largest absolute Gasteiger partial charge is 0.342 e. The van der Waals surface area contributed by atoms with E-state index in [1.165, 1.54) is 9.13 Å². The minimum absolute atomic E-state index is 0.0526. The lowest BCUT2D eigenvalue weighted by Gasteiger charge is -2.20. The zero-order valence-electron chi connectivity index (χ0n) is 15.5. The Balaban J connectivity index is 2.59. The molecule has 0 radical (unpaired) electrons. The summed E-state index contributed by atoms with van der Waals surface area (Å²) in [6.45, 7) is 9.41. The third-order valence-corrected chi connectivity index (χ3v) is 4.47. The summed E-state index contributed by atoms with van der Waals surface area (Å²) in [5.74, 6) is 0.259. The van der Waals surface area contributed by atoms with Crippen LogP contribution in [0.4, 0.5) is 0 Å². The number of fused-ring (bicyclic) bond motifs is 1. The van der Waals surface area contributed by atoms with Gasteiger partial charge in [0.2, 0.25) is 5.91 Å². The fourth-order valence-corrected chi connectivity index (χ4v) is 2.92. The molecule has 0 atom stereocenters. The highest BCUT2D eigenvalue weighted by Crippen LogP contribution is 2.09. The molecule has 1 aromatic heterocycles. The molecule has 2 aromatic rings. The number of nitrogens with zero attached hydrogens (tertiary/aromatic N) is 3. The van der Waals surface area contributed by atoms with Crippen molar-refractivity contribution in [2.75, 3.05) is 13.1 Å². The van der Waals surface area contributed by atoms with E-state index in [0.717, 1.165) is 6.42 Å². The van der Waals surface area contributed by atoms with Crippen LogP contribution in [-0.2, 0) is 17.9 Å². The van der Waals surface area contributed by atoms with Gasteiger partial charge in [-0.3, -0.25) is 18.7 Å². The molecule has 2 rings (SSSR count). The van der Waals surface area contributed by atoms with E-state index in [1.807, 2.05) is 13.8 Å². The number of hydrogen-bond acceptors (Lipinski definition) is 3. The standard InChI is InChI=1S/C19H27N3O3/c1-5-20(6-2)17(23)13-22-16-10-8-7-9-15(16)18(24)21(19(22)25)12-11-14(3)4/h7-10,14H,5-6,11-13H2,1-4H3. The first-order valence-corrected chi connectivity index (χ1v) is 8.90. The van der Waals surface area contributed by atoms with E-state index in [0.29, 0.717) is 36.5 Å². The first-order valence-electron chi connectivity index (χ1n) is 8.90. The Kier molecular flexibility index (Phi) is 6.17. The monoisotopic (exact) mass is 345 g/mol. The summed E-state index contributed by atoms with van der Waals surface area (Å²) in [7, 11) is 0. The van der Waals surface area contributed by atoms with Crippen LogP contribution in [-0.4, -0.2) is 33.0 Å². The van der Waals surface area contributed by atoms with Crippen molar-refractivity contribution in [1.82, 2.24) is 14.0 Å². The molecule has 0 aliphatic rings. The SMILES string of the molecule is CCN(CC)C(=O)Cn1c(=O)n(CCC(C)C)c(=O)c2ccccc21. The Morgan fingerprint density at radius 1 is 1.08 bits per heavy atom. The fraction of sp³-hybridized carbons (Fsp3) is 0.526. The Labute approximate surface area is 147 Å². The number of benzene rings is 1. The summed E-state index contributed by atoms with van der Waals surface area (Å²) in [5.41, 5.74) is -0.184. The molecular weight excluding hydrogens is 318 g/mol. The molecule has 1 heterocycles. The quantitative estimate of drug-likeness (QED) is 0.772. The summed E-state index contributed by atoms with van der Waals surface area (Å²) in [6, 6.07) is 6.98. The Morgan fingerprint density at radius 2 is 1.72 bits per heavy atom. The van der Waals surface area contributed by atoms with E-state index < -0.39 is 5.69 Å². The van der Waals surface area contributed by atoms with Gasteiger partial charge in [-0.25, -0.2) is 4.79 Å². The third kappa shape index (κ3) is 4.00. The van der Waals surface area contributed by atoms with Gasteiger partial charge in [0.1, 0.15) is 6.54 Å². The van der Waals surface area contributed by atoms with Gasteiger partial charge in [0.15, 0.2) is 0 Å². The zero-order valence-corrected chi connectivity index (χ0v) is 15.5. The highest BCUT2D eigenvalue weighted by molar-refractivity contribution is 5.81. The molecule has 0 saturated heterocycles. The van der Waals surface area contributed by atoms with Gasteiger partial charge < -0.3 is 4.90 Å². The minimum atomic E-state index is -0.412. The summed E-state index contributed by atoms with van der Waals surface area (Å²) in [5, 5.41) is 0.471. The van der Waals surface area contributed by atoms with Crippen molar-refractivity contribution in [3.63, 3.8) is 0 Å². The number of rotatable bonds is 7. The molecular formula is C19H27N3O3. The third-order valence-electron chi connectivity index (χ3n) is 4.47. The van der Waals surface area contributed by atoms with E-state index >= 15 is 0 Å². The molecule has 0 bridgehead atoms. The van der Waals surface area contributed by atoms with Gasteiger partial charge in [0.25, 0.3) is 5.56 Å². The molecule has 0 aliphatic carbocycles. The van der Waals surface area contributed by atoms with Crippen LogP contribution in [0.5, 0.6) is 0 Å². The van der Waals surface area contributed by atoms with Crippen LogP contribution in [0.15, 0.2) is 33.9 Å². The molecule has 0 saturated carbocycles.